The third kappa shape index (κ3) is 4.83. The van der Waals surface area contributed by atoms with Crippen LogP contribution in [0.3, 0.4) is 0 Å². The summed E-state index contributed by atoms with van der Waals surface area (Å²) in [6.07, 6.45) is 1.27. The van der Waals surface area contributed by atoms with Crippen molar-refractivity contribution in [3.63, 3.8) is 0 Å². The average Bonchev–Trinajstić information content (AvgIpc) is 2.83. The number of likely N-dealkylation sites (tertiary alicyclic amines) is 1. The Hall–Kier alpha value is -2.80. The predicted molar refractivity (Wildman–Crippen MR) is 122 cm³/mol. The van der Waals surface area contributed by atoms with Crippen LogP contribution in [-0.2, 0) is 4.79 Å². The van der Waals surface area contributed by atoms with Gasteiger partial charge in [0.15, 0.2) is 0 Å². The largest absolute Gasteiger partial charge is 0.496 e. The van der Waals surface area contributed by atoms with Crippen LogP contribution in [0.15, 0.2) is 42.5 Å². The maximum atomic E-state index is 13.5. The molecule has 0 aliphatic carbocycles. The van der Waals surface area contributed by atoms with E-state index in [1.807, 2.05) is 11.0 Å². The fourth-order valence-corrected chi connectivity index (χ4v) is 4.64. The summed E-state index contributed by atoms with van der Waals surface area (Å²) < 4.78 is 18.8. The molecule has 2 amide bonds. The van der Waals surface area contributed by atoms with Gasteiger partial charge in [0.05, 0.1) is 12.7 Å². The van der Waals surface area contributed by atoms with Gasteiger partial charge in [0.25, 0.3) is 5.91 Å². The molecule has 2 aliphatic rings. The number of carbonyl (C=O) groups excluding carboxylic acids is 2. The minimum Gasteiger partial charge on any atom is -0.496 e. The number of anilines is 1. The van der Waals surface area contributed by atoms with Crippen molar-refractivity contribution < 1.29 is 18.7 Å². The summed E-state index contributed by atoms with van der Waals surface area (Å²) in [6.45, 7) is 3.65. The van der Waals surface area contributed by atoms with Crippen LogP contribution in [0.1, 0.15) is 23.2 Å². The van der Waals surface area contributed by atoms with Crippen LogP contribution in [0, 0.1) is 11.7 Å². The van der Waals surface area contributed by atoms with Crippen molar-refractivity contribution in [2.24, 2.45) is 5.92 Å². The van der Waals surface area contributed by atoms with E-state index in [1.165, 1.54) is 19.2 Å². The zero-order chi connectivity index (χ0) is 22.7. The lowest BCUT2D eigenvalue weighted by atomic mass is 9.94. The van der Waals surface area contributed by atoms with Crippen molar-refractivity contribution >= 4 is 29.1 Å². The van der Waals surface area contributed by atoms with Crippen LogP contribution in [0.2, 0.25) is 5.02 Å². The Labute approximate surface area is 192 Å². The Morgan fingerprint density at radius 1 is 0.969 bits per heavy atom. The first-order chi connectivity index (χ1) is 15.5. The van der Waals surface area contributed by atoms with E-state index in [0.29, 0.717) is 68.4 Å². The molecule has 6 nitrogen and oxygen atoms in total. The zero-order valence-corrected chi connectivity index (χ0v) is 18.9. The number of hydrogen-bond acceptors (Lipinski definition) is 4. The van der Waals surface area contributed by atoms with E-state index in [-0.39, 0.29) is 23.5 Å². The number of rotatable bonds is 4. The second-order valence-electron chi connectivity index (χ2n) is 8.20. The van der Waals surface area contributed by atoms with E-state index in [9.17, 15) is 14.0 Å². The van der Waals surface area contributed by atoms with Crippen molar-refractivity contribution in [3.05, 3.63) is 58.9 Å². The topological polar surface area (TPSA) is 53.1 Å². The first-order valence-electron chi connectivity index (χ1n) is 10.9. The molecule has 170 valence electrons. The van der Waals surface area contributed by atoms with Gasteiger partial charge in [-0.2, -0.15) is 0 Å². The molecule has 0 spiro atoms. The molecule has 2 fully saturated rings. The maximum Gasteiger partial charge on any atom is 0.257 e. The van der Waals surface area contributed by atoms with E-state index in [1.54, 1.807) is 29.2 Å². The molecule has 2 aromatic carbocycles. The van der Waals surface area contributed by atoms with Crippen LogP contribution in [0.4, 0.5) is 10.1 Å². The molecular formula is C24H27ClFN3O3. The van der Waals surface area contributed by atoms with Crippen molar-refractivity contribution in [1.82, 2.24) is 9.80 Å². The second kappa shape index (κ2) is 9.77. The molecule has 2 aromatic rings. The van der Waals surface area contributed by atoms with Crippen LogP contribution in [0.25, 0.3) is 0 Å². The predicted octanol–water partition coefficient (Wildman–Crippen LogP) is 3.69. The van der Waals surface area contributed by atoms with Crippen molar-refractivity contribution in [3.8, 4) is 5.75 Å². The summed E-state index contributed by atoms with van der Waals surface area (Å²) in [5, 5.41) is 0.483. The Bertz CT molecular complexity index is 986. The van der Waals surface area contributed by atoms with Crippen LogP contribution < -0.4 is 9.64 Å². The van der Waals surface area contributed by atoms with Gasteiger partial charge in [0.1, 0.15) is 11.6 Å². The summed E-state index contributed by atoms with van der Waals surface area (Å²) in [6, 6.07) is 11.6. The molecule has 0 saturated carbocycles. The third-order valence-electron chi connectivity index (χ3n) is 6.29. The number of methoxy groups -OCH3 is 1. The normalized spacial score (nSPS) is 17.4. The molecule has 0 unspecified atom stereocenters. The highest BCUT2D eigenvalue weighted by Gasteiger charge is 2.32. The number of ether oxygens (including phenoxy) is 1. The van der Waals surface area contributed by atoms with Gasteiger partial charge in [-0.15, -0.1) is 0 Å². The molecule has 4 rings (SSSR count). The molecule has 2 aliphatic heterocycles. The van der Waals surface area contributed by atoms with E-state index in [4.69, 9.17) is 16.3 Å². The highest BCUT2D eigenvalue weighted by atomic mass is 35.5. The van der Waals surface area contributed by atoms with Gasteiger partial charge in [0, 0.05) is 55.9 Å². The third-order valence-corrected chi connectivity index (χ3v) is 6.52. The number of benzene rings is 2. The van der Waals surface area contributed by atoms with Crippen molar-refractivity contribution in [2.75, 3.05) is 51.3 Å². The van der Waals surface area contributed by atoms with E-state index in [0.717, 1.165) is 5.69 Å². The Balaban J connectivity index is 1.30. The lowest BCUT2D eigenvalue weighted by Gasteiger charge is -2.39. The summed E-state index contributed by atoms with van der Waals surface area (Å²) in [5.41, 5.74) is 1.29. The molecular weight excluding hydrogens is 433 g/mol. The molecule has 2 heterocycles. The first-order valence-corrected chi connectivity index (χ1v) is 11.3. The lowest BCUT2D eigenvalue weighted by Crippen LogP contribution is -2.52. The fourth-order valence-electron chi connectivity index (χ4n) is 4.46. The molecule has 0 radical (unpaired) electrons. The summed E-state index contributed by atoms with van der Waals surface area (Å²) in [5.74, 6) is 0.183. The Morgan fingerprint density at radius 2 is 1.69 bits per heavy atom. The van der Waals surface area contributed by atoms with Crippen molar-refractivity contribution in [2.45, 2.75) is 12.8 Å². The number of halogens is 2. The smallest absolute Gasteiger partial charge is 0.257 e. The minimum atomic E-state index is -0.252. The molecule has 0 bridgehead atoms. The van der Waals surface area contributed by atoms with Gasteiger partial charge in [-0.05, 0) is 49.2 Å². The summed E-state index contributed by atoms with van der Waals surface area (Å²) in [4.78, 5) is 31.8. The van der Waals surface area contributed by atoms with Gasteiger partial charge in [-0.25, -0.2) is 4.39 Å². The summed E-state index contributed by atoms with van der Waals surface area (Å²) in [7, 11) is 1.53. The quantitative estimate of drug-likeness (QED) is 0.699. The highest BCUT2D eigenvalue weighted by molar-refractivity contribution is 6.31. The Morgan fingerprint density at radius 3 is 2.34 bits per heavy atom. The molecule has 0 atom stereocenters. The fraction of sp³-hybridized carbons (Fsp3) is 0.417. The molecule has 32 heavy (non-hydrogen) atoms. The van der Waals surface area contributed by atoms with Gasteiger partial charge in [-0.3, -0.25) is 9.59 Å². The summed E-state index contributed by atoms with van der Waals surface area (Å²) >= 11 is 6.07. The molecule has 8 heteroatoms. The lowest BCUT2D eigenvalue weighted by molar-refractivity contribution is -0.137. The number of nitrogens with zero attached hydrogens (tertiary/aromatic N) is 3. The van der Waals surface area contributed by atoms with Crippen LogP contribution in [-0.4, -0.2) is 68.0 Å². The van der Waals surface area contributed by atoms with E-state index >= 15 is 0 Å². The van der Waals surface area contributed by atoms with Gasteiger partial charge < -0.3 is 19.4 Å². The number of hydrogen-bond donors (Lipinski definition) is 0. The van der Waals surface area contributed by atoms with Gasteiger partial charge in [-0.1, -0.05) is 17.7 Å². The zero-order valence-electron chi connectivity index (χ0n) is 18.1. The van der Waals surface area contributed by atoms with Gasteiger partial charge >= 0.3 is 0 Å². The number of piperazine rings is 1. The standard InChI is InChI=1S/C24H27ClFN3O3/c1-32-22-6-5-18(25)15-21(22)24(31)28-9-7-17(8-10-28)23(30)29-13-11-27(12-14-29)20-4-2-3-19(26)16-20/h2-6,15-17H,7-14H2,1H3. The SMILES string of the molecule is COc1ccc(Cl)cc1C(=O)N1CCC(C(=O)N2CCN(c3cccc(F)c3)CC2)CC1. The molecule has 0 aromatic heterocycles. The minimum absolute atomic E-state index is 0.0824. The van der Waals surface area contributed by atoms with E-state index < -0.39 is 0 Å². The van der Waals surface area contributed by atoms with Gasteiger partial charge in [0.2, 0.25) is 5.91 Å². The molecule has 0 N–H and O–H groups in total. The van der Waals surface area contributed by atoms with Crippen LogP contribution >= 0.6 is 11.6 Å². The van der Waals surface area contributed by atoms with E-state index in [2.05, 4.69) is 4.90 Å². The number of carbonyl (C=O) groups is 2. The second-order valence-corrected chi connectivity index (χ2v) is 8.64. The number of piperidine rings is 1. The van der Waals surface area contributed by atoms with Crippen molar-refractivity contribution in [1.29, 1.82) is 0 Å². The Kier molecular flexibility index (Phi) is 6.84. The monoisotopic (exact) mass is 459 g/mol. The number of amides is 2. The first kappa shape index (κ1) is 22.4. The molecule has 2 saturated heterocycles. The maximum absolute atomic E-state index is 13.5. The highest BCUT2D eigenvalue weighted by Crippen LogP contribution is 2.27. The van der Waals surface area contributed by atoms with Crippen LogP contribution in [0.5, 0.6) is 5.75 Å². The average molecular weight is 460 g/mol.